The molecule has 0 saturated heterocycles. The fraction of sp³-hybridized carbons (Fsp3) is 0.143. The molecule has 6 nitrogen and oxygen atoms in total. The van der Waals surface area contributed by atoms with Gasteiger partial charge in [0.2, 0.25) is 0 Å². The van der Waals surface area contributed by atoms with Gasteiger partial charge in [0.25, 0.3) is 11.5 Å². The van der Waals surface area contributed by atoms with E-state index < -0.39 is 0 Å². The number of anilines is 1. The monoisotopic (exact) mass is 360 g/mol. The number of rotatable bonds is 3. The first kappa shape index (κ1) is 16.9. The number of hydrogen-bond acceptors (Lipinski definition) is 2. The first-order valence-electron chi connectivity index (χ1n) is 8.70. The molecule has 2 heterocycles. The lowest BCUT2D eigenvalue weighted by Gasteiger charge is -2.07. The van der Waals surface area contributed by atoms with Crippen LogP contribution in [-0.4, -0.2) is 20.3 Å². The van der Waals surface area contributed by atoms with Crippen molar-refractivity contribution >= 4 is 22.5 Å². The molecular weight excluding hydrogens is 340 g/mol. The largest absolute Gasteiger partial charge is 0.351 e. The van der Waals surface area contributed by atoms with E-state index in [-0.39, 0.29) is 17.2 Å². The van der Waals surface area contributed by atoms with Crippen molar-refractivity contribution in [2.24, 2.45) is 7.05 Å². The fourth-order valence-electron chi connectivity index (χ4n) is 3.26. The van der Waals surface area contributed by atoms with Gasteiger partial charge >= 0.3 is 0 Å². The lowest BCUT2D eigenvalue weighted by atomic mass is 10.2. The second-order valence-electron chi connectivity index (χ2n) is 6.66. The molecule has 0 atom stereocenters. The van der Waals surface area contributed by atoms with Crippen LogP contribution in [-0.2, 0) is 7.05 Å². The van der Waals surface area contributed by atoms with E-state index in [1.807, 2.05) is 62.4 Å². The summed E-state index contributed by atoms with van der Waals surface area (Å²) in [6.07, 6.45) is 0. The van der Waals surface area contributed by atoms with Crippen molar-refractivity contribution in [3.8, 4) is 5.69 Å². The van der Waals surface area contributed by atoms with Gasteiger partial charge in [-0.05, 0) is 43.7 Å². The van der Waals surface area contributed by atoms with E-state index in [1.54, 1.807) is 22.5 Å². The highest BCUT2D eigenvalue weighted by Gasteiger charge is 2.19. The van der Waals surface area contributed by atoms with Crippen molar-refractivity contribution < 1.29 is 4.79 Å². The molecule has 0 aliphatic heterocycles. The summed E-state index contributed by atoms with van der Waals surface area (Å²) in [6, 6.07) is 17.1. The minimum absolute atomic E-state index is 0.262. The third kappa shape index (κ3) is 2.85. The normalized spacial score (nSPS) is 11.1. The highest BCUT2D eigenvalue weighted by atomic mass is 16.2. The predicted molar refractivity (Wildman–Crippen MR) is 107 cm³/mol. The number of nitrogens with zero attached hydrogens (tertiary/aromatic N) is 2. The second-order valence-corrected chi connectivity index (χ2v) is 6.66. The van der Waals surface area contributed by atoms with Crippen LogP contribution in [0.15, 0.2) is 59.4 Å². The maximum Gasteiger partial charge on any atom is 0.295 e. The number of fused-ring (bicyclic) bond motifs is 1. The quantitative estimate of drug-likeness (QED) is 0.587. The van der Waals surface area contributed by atoms with E-state index in [1.165, 1.54) is 0 Å². The number of aromatic amines is 1. The molecule has 27 heavy (non-hydrogen) atoms. The summed E-state index contributed by atoms with van der Waals surface area (Å²) in [5.41, 5.74) is 3.87. The van der Waals surface area contributed by atoms with Crippen LogP contribution in [0.25, 0.3) is 16.6 Å². The summed E-state index contributed by atoms with van der Waals surface area (Å²) in [7, 11) is 1.80. The average Bonchev–Trinajstić information content (AvgIpc) is 3.17. The topological polar surface area (TPSA) is 71.8 Å². The number of carbonyl (C=O) groups is 1. The van der Waals surface area contributed by atoms with Crippen LogP contribution >= 0.6 is 0 Å². The molecule has 0 saturated carbocycles. The first-order chi connectivity index (χ1) is 13.0. The Morgan fingerprint density at radius 3 is 2.52 bits per heavy atom. The molecule has 0 bridgehead atoms. The van der Waals surface area contributed by atoms with Crippen LogP contribution in [0, 0.1) is 13.8 Å². The van der Waals surface area contributed by atoms with Crippen molar-refractivity contribution in [3.05, 3.63) is 81.9 Å². The summed E-state index contributed by atoms with van der Waals surface area (Å²) in [5.74, 6) is -0.338. The molecule has 4 rings (SSSR count). The molecule has 1 amide bonds. The van der Waals surface area contributed by atoms with Gasteiger partial charge in [-0.3, -0.25) is 14.3 Å². The van der Waals surface area contributed by atoms with Crippen molar-refractivity contribution in [1.82, 2.24) is 14.3 Å². The zero-order valence-electron chi connectivity index (χ0n) is 15.4. The SMILES string of the molecule is Cc1ccc2cc(C(=O)Nc3c(C)n(C)n(-c4ccccc4)c3=O)[nH]c2c1. The molecule has 136 valence electrons. The molecule has 0 spiro atoms. The van der Waals surface area contributed by atoms with E-state index in [0.29, 0.717) is 11.4 Å². The highest BCUT2D eigenvalue weighted by molar-refractivity contribution is 6.06. The number of hydrogen-bond donors (Lipinski definition) is 2. The smallest absolute Gasteiger partial charge is 0.295 e. The van der Waals surface area contributed by atoms with Gasteiger partial charge < -0.3 is 10.3 Å². The Morgan fingerprint density at radius 2 is 1.78 bits per heavy atom. The van der Waals surface area contributed by atoms with Crippen molar-refractivity contribution in [1.29, 1.82) is 0 Å². The Labute approximate surface area is 156 Å². The van der Waals surface area contributed by atoms with Crippen LogP contribution in [0.5, 0.6) is 0 Å². The summed E-state index contributed by atoms with van der Waals surface area (Å²) < 4.78 is 3.28. The molecule has 2 aromatic carbocycles. The van der Waals surface area contributed by atoms with Gasteiger partial charge in [-0.1, -0.05) is 30.3 Å². The third-order valence-corrected chi connectivity index (χ3v) is 4.82. The van der Waals surface area contributed by atoms with Gasteiger partial charge in [0.05, 0.1) is 11.4 Å². The average molecular weight is 360 g/mol. The van der Waals surface area contributed by atoms with Crippen LogP contribution < -0.4 is 10.9 Å². The van der Waals surface area contributed by atoms with Crippen LogP contribution in [0.2, 0.25) is 0 Å². The van der Waals surface area contributed by atoms with Crippen LogP contribution in [0.3, 0.4) is 0 Å². The zero-order valence-corrected chi connectivity index (χ0v) is 15.4. The fourth-order valence-corrected chi connectivity index (χ4v) is 3.26. The van der Waals surface area contributed by atoms with Crippen LogP contribution in [0.1, 0.15) is 21.7 Å². The van der Waals surface area contributed by atoms with Gasteiger partial charge in [0.15, 0.2) is 0 Å². The minimum atomic E-state index is -0.338. The maximum absolute atomic E-state index is 12.9. The summed E-state index contributed by atoms with van der Waals surface area (Å²) in [4.78, 5) is 28.8. The lowest BCUT2D eigenvalue weighted by Crippen LogP contribution is -2.23. The summed E-state index contributed by atoms with van der Waals surface area (Å²) in [6.45, 7) is 3.81. The zero-order chi connectivity index (χ0) is 19.1. The molecule has 0 fully saturated rings. The summed E-state index contributed by atoms with van der Waals surface area (Å²) >= 11 is 0. The molecule has 0 unspecified atom stereocenters. The number of benzene rings is 2. The predicted octanol–water partition coefficient (Wildman–Crippen LogP) is 3.53. The van der Waals surface area contributed by atoms with E-state index in [4.69, 9.17) is 0 Å². The maximum atomic E-state index is 12.9. The number of amides is 1. The first-order valence-corrected chi connectivity index (χ1v) is 8.70. The minimum Gasteiger partial charge on any atom is -0.351 e. The molecular formula is C21H20N4O2. The molecule has 0 aliphatic carbocycles. The molecule has 0 radical (unpaired) electrons. The van der Waals surface area contributed by atoms with Gasteiger partial charge in [-0.2, -0.15) is 0 Å². The Morgan fingerprint density at radius 1 is 1.04 bits per heavy atom. The van der Waals surface area contributed by atoms with E-state index in [0.717, 1.165) is 22.2 Å². The van der Waals surface area contributed by atoms with E-state index >= 15 is 0 Å². The summed E-state index contributed by atoms with van der Waals surface area (Å²) in [5, 5.41) is 3.73. The van der Waals surface area contributed by atoms with Gasteiger partial charge in [0.1, 0.15) is 11.4 Å². The molecule has 0 aliphatic rings. The Hall–Kier alpha value is -3.54. The Bertz CT molecular complexity index is 1210. The van der Waals surface area contributed by atoms with Crippen molar-refractivity contribution in [2.45, 2.75) is 13.8 Å². The van der Waals surface area contributed by atoms with Crippen molar-refractivity contribution in [2.75, 3.05) is 5.32 Å². The second kappa shape index (κ2) is 6.32. The molecule has 4 aromatic rings. The number of para-hydroxylation sites is 1. The Balaban J connectivity index is 1.72. The molecule has 2 N–H and O–H groups in total. The number of aromatic nitrogens is 3. The number of aryl methyl sites for hydroxylation is 1. The van der Waals surface area contributed by atoms with Crippen LogP contribution in [0.4, 0.5) is 5.69 Å². The number of H-pyrrole nitrogens is 1. The highest BCUT2D eigenvalue weighted by Crippen LogP contribution is 2.19. The van der Waals surface area contributed by atoms with Gasteiger partial charge in [-0.15, -0.1) is 0 Å². The lowest BCUT2D eigenvalue weighted by molar-refractivity contribution is 0.102. The van der Waals surface area contributed by atoms with Gasteiger partial charge in [0, 0.05) is 18.0 Å². The molecule has 6 heteroatoms. The number of carbonyl (C=O) groups excluding carboxylic acids is 1. The van der Waals surface area contributed by atoms with E-state index in [9.17, 15) is 9.59 Å². The standard InChI is InChI=1S/C21H20N4O2/c1-13-9-10-15-12-18(22-17(15)11-13)20(26)23-19-14(2)24(3)25(21(19)27)16-7-5-4-6-8-16/h4-12,22H,1-3H3,(H,23,26). The number of nitrogens with one attached hydrogen (secondary N) is 2. The van der Waals surface area contributed by atoms with Gasteiger partial charge in [-0.25, -0.2) is 4.68 Å². The van der Waals surface area contributed by atoms with E-state index in [2.05, 4.69) is 10.3 Å². The Kier molecular flexibility index (Phi) is 3.96. The third-order valence-electron chi connectivity index (χ3n) is 4.82. The van der Waals surface area contributed by atoms with Crippen molar-refractivity contribution in [3.63, 3.8) is 0 Å². The molecule has 2 aromatic heterocycles.